The molecule has 1 fully saturated rings. The zero-order valence-electron chi connectivity index (χ0n) is 13.0. The van der Waals surface area contributed by atoms with Crippen LogP contribution in [0.15, 0.2) is 18.5 Å². The lowest BCUT2D eigenvalue weighted by Crippen LogP contribution is -2.47. The van der Waals surface area contributed by atoms with Crippen molar-refractivity contribution in [1.82, 2.24) is 10.3 Å². The van der Waals surface area contributed by atoms with Crippen LogP contribution in [0.3, 0.4) is 0 Å². The van der Waals surface area contributed by atoms with Crippen LogP contribution in [0.5, 0.6) is 0 Å². The number of aromatic nitrogens is 1. The van der Waals surface area contributed by atoms with E-state index < -0.39 is 0 Å². The fourth-order valence-corrected chi connectivity index (χ4v) is 3.90. The Morgan fingerprint density at radius 2 is 2.05 bits per heavy atom. The molecule has 0 aliphatic heterocycles. The molecule has 1 N–H and O–H groups in total. The maximum atomic E-state index is 4.35. The van der Waals surface area contributed by atoms with Crippen molar-refractivity contribution in [2.75, 3.05) is 7.05 Å². The average molecular weight is 260 g/mol. The summed E-state index contributed by atoms with van der Waals surface area (Å²) in [5, 5.41) is 3.56. The van der Waals surface area contributed by atoms with Crippen LogP contribution in [-0.4, -0.2) is 18.1 Å². The topological polar surface area (TPSA) is 24.9 Å². The molecule has 0 aromatic carbocycles. The monoisotopic (exact) mass is 260 g/mol. The minimum atomic E-state index is 0.187. The summed E-state index contributed by atoms with van der Waals surface area (Å²) in [7, 11) is 2.11. The van der Waals surface area contributed by atoms with E-state index in [0.717, 1.165) is 5.92 Å². The van der Waals surface area contributed by atoms with E-state index in [9.17, 15) is 0 Å². The number of rotatable bonds is 3. The van der Waals surface area contributed by atoms with E-state index in [1.54, 1.807) is 0 Å². The summed E-state index contributed by atoms with van der Waals surface area (Å²) >= 11 is 0. The Morgan fingerprint density at radius 1 is 1.32 bits per heavy atom. The maximum absolute atomic E-state index is 4.35. The minimum absolute atomic E-state index is 0.187. The van der Waals surface area contributed by atoms with E-state index in [0.29, 0.717) is 12.0 Å². The first-order valence-corrected chi connectivity index (χ1v) is 7.55. The molecule has 0 amide bonds. The Labute approximate surface area is 118 Å². The van der Waals surface area contributed by atoms with Crippen molar-refractivity contribution in [2.24, 2.45) is 11.8 Å². The standard InChI is InChI=1S/C17H28N2/c1-12-6-7-14(16(10-12)18-5)17(3,4)15-11-19-9-8-13(15)2/h8-9,11-12,14,16,18H,6-7,10H2,1-5H3. The fraction of sp³-hybridized carbons (Fsp3) is 0.706. The highest BCUT2D eigenvalue weighted by atomic mass is 14.9. The van der Waals surface area contributed by atoms with Crippen LogP contribution in [0.4, 0.5) is 0 Å². The van der Waals surface area contributed by atoms with Crippen molar-refractivity contribution < 1.29 is 0 Å². The summed E-state index contributed by atoms with van der Waals surface area (Å²) in [6.07, 6.45) is 7.93. The molecular weight excluding hydrogens is 232 g/mol. The van der Waals surface area contributed by atoms with Crippen molar-refractivity contribution in [3.05, 3.63) is 29.6 Å². The average Bonchev–Trinajstić information content (AvgIpc) is 2.38. The van der Waals surface area contributed by atoms with Crippen molar-refractivity contribution >= 4 is 0 Å². The number of pyridine rings is 1. The molecule has 1 heterocycles. The molecule has 1 aliphatic rings. The molecule has 1 aromatic heterocycles. The summed E-state index contributed by atoms with van der Waals surface area (Å²) in [6.45, 7) is 9.37. The molecule has 19 heavy (non-hydrogen) atoms. The SMILES string of the molecule is CNC1CC(C)CCC1C(C)(C)c1cnccc1C. The largest absolute Gasteiger partial charge is 0.317 e. The van der Waals surface area contributed by atoms with Gasteiger partial charge in [0.1, 0.15) is 0 Å². The predicted molar refractivity (Wildman–Crippen MR) is 81.4 cm³/mol. The van der Waals surface area contributed by atoms with Gasteiger partial charge in [0.05, 0.1) is 0 Å². The molecule has 0 radical (unpaired) electrons. The highest BCUT2D eigenvalue weighted by Crippen LogP contribution is 2.42. The van der Waals surface area contributed by atoms with E-state index in [-0.39, 0.29) is 5.41 Å². The van der Waals surface area contributed by atoms with Gasteiger partial charge in [0, 0.05) is 18.4 Å². The Hall–Kier alpha value is -0.890. The number of hydrogen-bond donors (Lipinski definition) is 1. The van der Waals surface area contributed by atoms with Gasteiger partial charge in [-0.2, -0.15) is 0 Å². The second kappa shape index (κ2) is 5.62. The second-order valence-corrected chi connectivity index (χ2v) is 6.83. The molecule has 0 saturated heterocycles. The third kappa shape index (κ3) is 2.84. The number of nitrogens with zero attached hydrogens (tertiary/aromatic N) is 1. The van der Waals surface area contributed by atoms with E-state index in [4.69, 9.17) is 0 Å². The van der Waals surface area contributed by atoms with Gasteiger partial charge >= 0.3 is 0 Å². The highest BCUT2D eigenvalue weighted by molar-refractivity contribution is 5.30. The van der Waals surface area contributed by atoms with Crippen LogP contribution in [0.2, 0.25) is 0 Å². The van der Waals surface area contributed by atoms with Gasteiger partial charge in [0.15, 0.2) is 0 Å². The summed E-state index contributed by atoms with van der Waals surface area (Å²) in [4.78, 5) is 4.35. The van der Waals surface area contributed by atoms with Crippen LogP contribution >= 0.6 is 0 Å². The van der Waals surface area contributed by atoms with Crippen molar-refractivity contribution in [3.63, 3.8) is 0 Å². The summed E-state index contributed by atoms with van der Waals surface area (Å²) in [5.74, 6) is 1.54. The molecule has 2 nitrogen and oxygen atoms in total. The molecule has 0 spiro atoms. The minimum Gasteiger partial charge on any atom is -0.317 e. The van der Waals surface area contributed by atoms with Crippen LogP contribution in [0.1, 0.15) is 51.2 Å². The first-order chi connectivity index (χ1) is 8.96. The third-order valence-electron chi connectivity index (χ3n) is 5.14. The lowest BCUT2D eigenvalue weighted by molar-refractivity contribution is 0.150. The molecular formula is C17H28N2. The molecule has 2 rings (SSSR count). The molecule has 3 atom stereocenters. The zero-order chi connectivity index (χ0) is 14.0. The van der Waals surface area contributed by atoms with Gasteiger partial charge < -0.3 is 5.32 Å². The van der Waals surface area contributed by atoms with Gasteiger partial charge in [-0.05, 0) is 61.3 Å². The lowest BCUT2D eigenvalue weighted by Gasteiger charge is -2.45. The Morgan fingerprint density at radius 3 is 2.68 bits per heavy atom. The van der Waals surface area contributed by atoms with Gasteiger partial charge in [-0.15, -0.1) is 0 Å². The number of aryl methyl sites for hydroxylation is 1. The van der Waals surface area contributed by atoms with Crippen molar-refractivity contribution in [2.45, 2.75) is 58.4 Å². The quantitative estimate of drug-likeness (QED) is 0.896. The number of hydrogen-bond acceptors (Lipinski definition) is 2. The van der Waals surface area contributed by atoms with E-state index in [1.807, 2.05) is 6.20 Å². The number of nitrogens with one attached hydrogen (secondary N) is 1. The molecule has 3 unspecified atom stereocenters. The summed E-state index contributed by atoms with van der Waals surface area (Å²) in [5.41, 5.74) is 2.97. The van der Waals surface area contributed by atoms with Gasteiger partial charge in [-0.1, -0.05) is 27.2 Å². The lowest BCUT2D eigenvalue weighted by atomic mass is 9.63. The van der Waals surface area contributed by atoms with Crippen LogP contribution in [0.25, 0.3) is 0 Å². The molecule has 1 aromatic rings. The summed E-state index contributed by atoms with van der Waals surface area (Å²) < 4.78 is 0. The zero-order valence-corrected chi connectivity index (χ0v) is 13.0. The van der Waals surface area contributed by atoms with Gasteiger partial charge in [-0.25, -0.2) is 0 Å². The van der Waals surface area contributed by atoms with E-state index >= 15 is 0 Å². The van der Waals surface area contributed by atoms with Gasteiger partial charge in [-0.3, -0.25) is 4.98 Å². The molecule has 1 saturated carbocycles. The van der Waals surface area contributed by atoms with Gasteiger partial charge in [0.2, 0.25) is 0 Å². The highest BCUT2D eigenvalue weighted by Gasteiger charge is 2.40. The maximum Gasteiger partial charge on any atom is 0.0308 e. The molecule has 0 bridgehead atoms. The van der Waals surface area contributed by atoms with Crippen LogP contribution in [-0.2, 0) is 5.41 Å². The van der Waals surface area contributed by atoms with E-state index in [2.05, 4.69) is 57.3 Å². The Balaban J connectivity index is 2.30. The van der Waals surface area contributed by atoms with Crippen molar-refractivity contribution in [1.29, 1.82) is 0 Å². The van der Waals surface area contributed by atoms with Crippen LogP contribution in [0, 0.1) is 18.8 Å². The second-order valence-electron chi connectivity index (χ2n) is 6.83. The Kier molecular flexibility index (Phi) is 4.29. The molecule has 1 aliphatic carbocycles. The third-order valence-corrected chi connectivity index (χ3v) is 5.14. The fourth-order valence-electron chi connectivity index (χ4n) is 3.90. The van der Waals surface area contributed by atoms with Crippen molar-refractivity contribution in [3.8, 4) is 0 Å². The first kappa shape index (κ1) is 14.5. The molecule has 106 valence electrons. The normalized spacial score (nSPS) is 28.4. The first-order valence-electron chi connectivity index (χ1n) is 7.55. The Bertz CT molecular complexity index is 425. The summed E-state index contributed by atoms with van der Waals surface area (Å²) in [6, 6.07) is 2.76. The smallest absolute Gasteiger partial charge is 0.0308 e. The predicted octanol–water partition coefficient (Wildman–Crippen LogP) is 3.69. The molecule has 2 heteroatoms. The van der Waals surface area contributed by atoms with E-state index in [1.165, 1.54) is 30.4 Å². The van der Waals surface area contributed by atoms with Crippen LogP contribution < -0.4 is 5.32 Å². The van der Waals surface area contributed by atoms with Gasteiger partial charge in [0.25, 0.3) is 0 Å².